The van der Waals surface area contributed by atoms with Crippen molar-refractivity contribution in [3.8, 4) is 22.8 Å². The number of fused-ring (bicyclic) bond motifs is 3. The van der Waals surface area contributed by atoms with E-state index in [0.29, 0.717) is 27.7 Å². The van der Waals surface area contributed by atoms with Crippen LogP contribution in [0.3, 0.4) is 0 Å². The summed E-state index contributed by atoms with van der Waals surface area (Å²) >= 11 is 6.08. The summed E-state index contributed by atoms with van der Waals surface area (Å²) in [6.07, 6.45) is 3.28. The fourth-order valence-electron chi connectivity index (χ4n) is 2.89. The number of aromatic nitrogens is 6. The van der Waals surface area contributed by atoms with Gasteiger partial charge in [-0.2, -0.15) is 5.10 Å². The van der Waals surface area contributed by atoms with Crippen LogP contribution in [0.4, 0.5) is 0 Å². The summed E-state index contributed by atoms with van der Waals surface area (Å²) in [5.41, 5.74) is 2.63. The lowest BCUT2D eigenvalue weighted by Crippen LogP contribution is -1.98. The zero-order valence-corrected chi connectivity index (χ0v) is 14.0. The molecule has 0 atom stereocenters. The lowest BCUT2D eigenvalue weighted by Gasteiger charge is -2.02. The Hall–Kier alpha value is -3.45. The molecule has 5 rings (SSSR count). The Morgan fingerprint density at radius 3 is 2.73 bits per heavy atom. The molecule has 0 radical (unpaired) electrons. The standard InChI is InChI=1S/C18H11ClN6O/c19-11-4-3-5-12(8-11)25-17-14(9-21-25)18-22-16(23-24(18)10-20-17)13-6-1-2-7-15(13)26/h1-10,26H. The van der Waals surface area contributed by atoms with Crippen molar-refractivity contribution in [3.63, 3.8) is 0 Å². The number of rotatable bonds is 2. The summed E-state index contributed by atoms with van der Waals surface area (Å²) in [7, 11) is 0. The predicted molar refractivity (Wildman–Crippen MR) is 97.5 cm³/mol. The molecule has 0 bridgehead atoms. The highest BCUT2D eigenvalue weighted by Crippen LogP contribution is 2.28. The van der Waals surface area contributed by atoms with Gasteiger partial charge in [-0.05, 0) is 30.3 Å². The van der Waals surface area contributed by atoms with E-state index < -0.39 is 0 Å². The van der Waals surface area contributed by atoms with Crippen molar-refractivity contribution in [2.45, 2.75) is 0 Å². The van der Waals surface area contributed by atoms with Gasteiger partial charge >= 0.3 is 0 Å². The molecule has 1 N–H and O–H groups in total. The zero-order chi connectivity index (χ0) is 17.7. The van der Waals surface area contributed by atoms with Gasteiger partial charge in [0.1, 0.15) is 12.1 Å². The third-order valence-electron chi connectivity index (χ3n) is 4.10. The fraction of sp³-hybridized carbons (Fsp3) is 0. The predicted octanol–water partition coefficient (Wildman–Crippen LogP) is 3.49. The first-order chi connectivity index (χ1) is 12.7. The lowest BCUT2D eigenvalue weighted by atomic mass is 10.2. The summed E-state index contributed by atoms with van der Waals surface area (Å²) in [5.74, 6) is 0.551. The van der Waals surface area contributed by atoms with Crippen molar-refractivity contribution in [3.05, 3.63) is 66.1 Å². The Balaban J connectivity index is 1.73. The third-order valence-corrected chi connectivity index (χ3v) is 4.34. The van der Waals surface area contributed by atoms with E-state index in [-0.39, 0.29) is 5.75 Å². The van der Waals surface area contributed by atoms with Crippen LogP contribution in [0.2, 0.25) is 5.02 Å². The first kappa shape index (κ1) is 14.9. The van der Waals surface area contributed by atoms with E-state index in [1.54, 1.807) is 46.0 Å². The minimum atomic E-state index is 0.127. The maximum Gasteiger partial charge on any atom is 0.185 e. The van der Waals surface area contributed by atoms with E-state index in [1.807, 2.05) is 24.3 Å². The molecule has 126 valence electrons. The second kappa shape index (κ2) is 5.53. The number of hydrogen-bond acceptors (Lipinski definition) is 5. The Morgan fingerprint density at radius 1 is 1.00 bits per heavy atom. The Morgan fingerprint density at radius 2 is 1.88 bits per heavy atom. The zero-order valence-electron chi connectivity index (χ0n) is 13.3. The molecule has 26 heavy (non-hydrogen) atoms. The molecule has 0 aliphatic rings. The second-order valence-electron chi connectivity index (χ2n) is 5.74. The van der Waals surface area contributed by atoms with Gasteiger partial charge in [-0.3, -0.25) is 0 Å². The van der Waals surface area contributed by atoms with Crippen LogP contribution < -0.4 is 0 Å². The molecular formula is C18H11ClN6O. The van der Waals surface area contributed by atoms with Gasteiger partial charge in [-0.25, -0.2) is 19.2 Å². The highest BCUT2D eigenvalue weighted by atomic mass is 35.5. The number of para-hydroxylation sites is 1. The van der Waals surface area contributed by atoms with Crippen LogP contribution in [0.15, 0.2) is 61.1 Å². The van der Waals surface area contributed by atoms with Gasteiger partial charge in [0.2, 0.25) is 0 Å². The minimum absolute atomic E-state index is 0.127. The molecule has 2 aromatic carbocycles. The number of phenols is 1. The van der Waals surface area contributed by atoms with Gasteiger partial charge in [0.05, 0.1) is 22.8 Å². The van der Waals surface area contributed by atoms with Crippen molar-refractivity contribution in [2.24, 2.45) is 0 Å². The van der Waals surface area contributed by atoms with Gasteiger partial charge in [-0.15, -0.1) is 5.10 Å². The molecule has 3 heterocycles. The maximum atomic E-state index is 10.0. The van der Waals surface area contributed by atoms with E-state index in [1.165, 1.54) is 0 Å². The molecule has 7 nitrogen and oxygen atoms in total. The summed E-state index contributed by atoms with van der Waals surface area (Å²) in [5, 5.41) is 20.3. The van der Waals surface area contributed by atoms with Crippen LogP contribution in [-0.4, -0.2) is 34.5 Å². The Kier molecular flexibility index (Phi) is 3.16. The van der Waals surface area contributed by atoms with Gasteiger partial charge in [0, 0.05) is 5.02 Å². The Bertz CT molecular complexity index is 1280. The van der Waals surface area contributed by atoms with E-state index in [2.05, 4.69) is 20.2 Å². The molecule has 8 heteroatoms. The Labute approximate surface area is 152 Å². The smallest absolute Gasteiger partial charge is 0.185 e. The van der Waals surface area contributed by atoms with Crippen LogP contribution in [0, 0.1) is 0 Å². The van der Waals surface area contributed by atoms with Crippen molar-refractivity contribution >= 4 is 28.3 Å². The van der Waals surface area contributed by atoms with Crippen molar-refractivity contribution < 1.29 is 5.11 Å². The van der Waals surface area contributed by atoms with Crippen LogP contribution in [0.5, 0.6) is 5.75 Å². The minimum Gasteiger partial charge on any atom is -0.507 e. The lowest BCUT2D eigenvalue weighted by molar-refractivity contribution is 0.477. The summed E-state index contributed by atoms with van der Waals surface area (Å²) in [6.45, 7) is 0. The summed E-state index contributed by atoms with van der Waals surface area (Å²) < 4.78 is 3.28. The number of aromatic hydroxyl groups is 1. The molecule has 0 aliphatic carbocycles. The molecule has 3 aromatic heterocycles. The van der Waals surface area contributed by atoms with Crippen LogP contribution in [-0.2, 0) is 0 Å². The van der Waals surface area contributed by atoms with Crippen molar-refractivity contribution in [2.75, 3.05) is 0 Å². The number of benzene rings is 2. The highest BCUT2D eigenvalue weighted by molar-refractivity contribution is 6.30. The van der Waals surface area contributed by atoms with Gasteiger partial charge in [0.15, 0.2) is 17.1 Å². The normalized spacial score (nSPS) is 11.4. The molecule has 0 saturated heterocycles. The topological polar surface area (TPSA) is 81.1 Å². The van der Waals surface area contributed by atoms with E-state index in [0.717, 1.165) is 11.1 Å². The van der Waals surface area contributed by atoms with E-state index in [4.69, 9.17) is 11.6 Å². The third kappa shape index (κ3) is 2.21. The summed E-state index contributed by atoms with van der Waals surface area (Å²) in [4.78, 5) is 9.03. The first-order valence-corrected chi connectivity index (χ1v) is 8.22. The van der Waals surface area contributed by atoms with Crippen molar-refractivity contribution in [1.29, 1.82) is 0 Å². The molecule has 0 fully saturated rings. The fourth-order valence-corrected chi connectivity index (χ4v) is 3.08. The molecular weight excluding hydrogens is 352 g/mol. The molecule has 0 amide bonds. The second-order valence-corrected chi connectivity index (χ2v) is 6.18. The molecule has 5 aromatic rings. The van der Waals surface area contributed by atoms with E-state index in [9.17, 15) is 5.11 Å². The van der Waals surface area contributed by atoms with Crippen molar-refractivity contribution in [1.82, 2.24) is 29.4 Å². The first-order valence-electron chi connectivity index (χ1n) is 7.84. The number of nitrogens with zero attached hydrogens (tertiary/aromatic N) is 6. The van der Waals surface area contributed by atoms with E-state index >= 15 is 0 Å². The molecule has 0 aliphatic heterocycles. The maximum absolute atomic E-state index is 10.0. The average Bonchev–Trinajstić information content (AvgIpc) is 3.25. The number of hydrogen-bond donors (Lipinski definition) is 1. The quantitative estimate of drug-likeness (QED) is 0.520. The van der Waals surface area contributed by atoms with Gasteiger partial charge < -0.3 is 5.11 Å². The van der Waals surface area contributed by atoms with Crippen LogP contribution in [0.25, 0.3) is 33.8 Å². The average molecular weight is 363 g/mol. The molecule has 0 spiro atoms. The van der Waals surface area contributed by atoms with Gasteiger partial charge in [0.25, 0.3) is 0 Å². The van der Waals surface area contributed by atoms with Gasteiger partial charge in [-0.1, -0.05) is 29.8 Å². The number of halogens is 1. The largest absolute Gasteiger partial charge is 0.507 e. The monoisotopic (exact) mass is 362 g/mol. The molecule has 0 saturated carbocycles. The number of phenolic OH excluding ortho intramolecular Hbond substituents is 1. The van der Waals surface area contributed by atoms with Crippen LogP contribution >= 0.6 is 11.6 Å². The van der Waals surface area contributed by atoms with Crippen LogP contribution in [0.1, 0.15) is 0 Å². The summed E-state index contributed by atoms with van der Waals surface area (Å²) in [6, 6.07) is 14.3. The molecule has 0 unspecified atom stereocenters. The SMILES string of the molecule is Oc1ccccc1-c1nc2c3cnn(-c4cccc(Cl)c4)c3ncn2n1. The highest BCUT2D eigenvalue weighted by Gasteiger charge is 2.15.